The van der Waals surface area contributed by atoms with E-state index in [9.17, 15) is 4.79 Å². The average molecular weight is 299 g/mol. The second kappa shape index (κ2) is 5.24. The van der Waals surface area contributed by atoms with Gasteiger partial charge in [-0.05, 0) is 24.6 Å². The number of imidazole rings is 1. The van der Waals surface area contributed by atoms with Crippen LogP contribution in [0.4, 0.5) is 16.3 Å². The fraction of sp³-hybridized carbons (Fsp3) is 0.0714. The first kappa shape index (κ1) is 13.7. The largest absolute Gasteiger partial charge is 0.465 e. The molecule has 8 nitrogen and oxygen atoms in total. The summed E-state index contributed by atoms with van der Waals surface area (Å²) in [7, 11) is 0. The number of rotatable bonds is 3. The van der Waals surface area contributed by atoms with E-state index in [1.54, 1.807) is 24.3 Å². The molecule has 0 spiro atoms. The molecule has 22 heavy (non-hydrogen) atoms. The summed E-state index contributed by atoms with van der Waals surface area (Å²) in [5, 5.41) is 15.0. The minimum atomic E-state index is -1.19. The number of carbonyl (C=O) groups is 1. The number of nitrogens with zero attached hydrogens (tertiary/aromatic N) is 3. The van der Waals surface area contributed by atoms with Crippen LogP contribution < -0.4 is 15.8 Å². The number of amides is 1. The van der Waals surface area contributed by atoms with Crippen LogP contribution in [0.15, 0.2) is 36.5 Å². The van der Waals surface area contributed by atoms with Crippen molar-refractivity contribution in [3.63, 3.8) is 0 Å². The molecule has 3 aromatic rings. The molecular formula is C14H13N5O3. The van der Waals surface area contributed by atoms with Crippen LogP contribution >= 0.6 is 0 Å². The Hall–Kier alpha value is -3.29. The highest BCUT2D eigenvalue weighted by Crippen LogP contribution is 2.24. The van der Waals surface area contributed by atoms with E-state index in [0.29, 0.717) is 23.0 Å². The lowest BCUT2D eigenvalue weighted by molar-refractivity contribution is 0.209. The summed E-state index contributed by atoms with van der Waals surface area (Å²) in [5.74, 6) is 1.10. The van der Waals surface area contributed by atoms with Gasteiger partial charge in [0.25, 0.3) is 0 Å². The number of aryl methyl sites for hydroxylation is 1. The van der Waals surface area contributed by atoms with E-state index in [1.165, 1.54) is 10.7 Å². The van der Waals surface area contributed by atoms with Gasteiger partial charge in [0.15, 0.2) is 11.5 Å². The maximum Gasteiger partial charge on any atom is 0.410 e. The maximum atomic E-state index is 10.6. The van der Waals surface area contributed by atoms with Crippen molar-refractivity contribution in [1.82, 2.24) is 14.6 Å². The number of carboxylic acid groups (broad SMARTS) is 1. The molecule has 0 aliphatic rings. The number of ether oxygens (including phenoxy) is 1. The van der Waals surface area contributed by atoms with Gasteiger partial charge >= 0.3 is 6.09 Å². The van der Waals surface area contributed by atoms with Gasteiger partial charge in [0.05, 0.1) is 6.20 Å². The number of nitrogens with one attached hydrogen (secondary N) is 1. The zero-order chi connectivity index (χ0) is 15.7. The Balaban J connectivity index is 1.87. The second-order valence-corrected chi connectivity index (χ2v) is 4.65. The first-order valence-electron chi connectivity index (χ1n) is 6.41. The molecule has 2 heterocycles. The van der Waals surface area contributed by atoms with Gasteiger partial charge in [0, 0.05) is 17.8 Å². The van der Waals surface area contributed by atoms with E-state index in [1.807, 2.05) is 13.0 Å². The Morgan fingerprint density at radius 3 is 2.91 bits per heavy atom. The number of hydrogen-bond acceptors (Lipinski definition) is 5. The number of hydrogen-bond donors (Lipinski definition) is 3. The summed E-state index contributed by atoms with van der Waals surface area (Å²) >= 11 is 0. The quantitative estimate of drug-likeness (QED) is 0.640. The van der Waals surface area contributed by atoms with Gasteiger partial charge in [0.1, 0.15) is 5.75 Å². The highest BCUT2D eigenvalue weighted by atomic mass is 16.5. The van der Waals surface area contributed by atoms with Crippen LogP contribution in [0.3, 0.4) is 0 Å². The highest BCUT2D eigenvalue weighted by molar-refractivity contribution is 5.81. The van der Waals surface area contributed by atoms with E-state index in [-0.39, 0.29) is 5.82 Å². The molecule has 3 rings (SSSR count). The van der Waals surface area contributed by atoms with E-state index >= 15 is 0 Å². The molecule has 112 valence electrons. The van der Waals surface area contributed by atoms with Gasteiger partial charge in [0.2, 0.25) is 5.88 Å². The van der Waals surface area contributed by atoms with Gasteiger partial charge < -0.3 is 15.6 Å². The molecule has 1 aromatic carbocycles. The van der Waals surface area contributed by atoms with Gasteiger partial charge in [-0.1, -0.05) is 6.07 Å². The Morgan fingerprint density at radius 1 is 1.36 bits per heavy atom. The van der Waals surface area contributed by atoms with Crippen LogP contribution in [0.5, 0.6) is 11.6 Å². The standard InChI is InChI=1S/C14H13N5O3/c1-8-2-3-9(6-10(8)15)22-13-5-4-12-16-11(17-14(20)21)7-19(12)18-13/h2-7,17H,15H2,1H3,(H,20,21). The Labute approximate surface area is 125 Å². The molecule has 0 radical (unpaired) electrons. The second-order valence-electron chi connectivity index (χ2n) is 4.65. The predicted molar refractivity (Wildman–Crippen MR) is 80.3 cm³/mol. The van der Waals surface area contributed by atoms with Crippen molar-refractivity contribution >= 4 is 23.2 Å². The summed E-state index contributed by atoms with van der Waals surface area (Å²) in [6, 6.07) is 8.68. The van der Waals surface area contributed by atoms with Crippen molar-refractivity contribution in [3.8, 4) is 11.6 Å². The minimum absolute atomic E-state index is 0.191. The Bertz CT molecular complexity index is 859. The summed E-state index contributed by atoms with van der Waals surface area (Å²) in [6.45, 7) is 1.91. The first-order valence-corrected chi connectivity index (χ1v) is 6.41. The number of fused-ring (bicyclic) bond motifs is 1. The van der Waals surface area contributed by atoms with Crippen LogP contribution in [0, 0.1) is 6.92 Å². The van der Waals surface area contributed by atoms with Gasteiger partial charge in [-0.15, -0.1) is 5.10 Å². The van der Waals surface area contributed by atoms with E-state index < -0.39 is 6.09 Å². The van der Waals surface area contributed by atoms with Crippen molar-refractivity contribution in [1.29, 1.82) is 0 Å². The lowest BCUT2D eigenvalue weighted by Gasteiger charge is -2.06. The molecule has 8 heteroatoms. The van der Waals surface area contributed by atoms with Crippen molar-refractivity contribution in [2.24, 2.45) is 0 Å². The molecule has 0 aliphatic heterocycles. The predicted octanol–water partition coefficient (Wildman–Crippen LogP) is 2.50. The molecule has 0 fully saturated rings. The number of nitrogens with two attached hydrogens (primary N) is 1. The van der Waals surface area contributed by atoms with E-state index in [0.717, 1.165) is 5.56 Å². The molecular weight excluding hydrogens is 286 g/mol. The third kappa shape index (κ3) is 2.75. The van der Waals surface area contributed by atoms with Gasteiger partial charge in [-0.25, -0.2) is 14.3 Å². The van der Waals surface area contributed by atoms with Gasteiger partial charge in [-0.2, -0.15) is 0 Å². The van der Waals surface area contributed by atoms with E-state index in [4.69, 9.17) is 15.6 Å². The molecule has 0 saturated heterocycles. The smallest absolute Gasteiger partial charge is 0.410 e. The highest BCUT2D eigenvalue weighted by Gasteiger charge is 2.07. The molecule has 2 aromatic heterocycles. The Morgan fingerprint density at radius 2 is 2.18 bits per heavy atom. The fourth-order valence-electron chi connectivity index (χ4n) is 1.89. The van der Waals surface area contributed by atoms with Crippen molar-refractivity contribution in [2.75, 3.05) is 11.1 Å². The summed E-state index contributed by atoms with van der Waals surface area (Å²) in [6.07, 6.45) is 0.273. The molecule has 4 N–H and O–H groups in total. The van der Waals surface area contributed by atoms with Crippen molar-refractivity contribution in [2.45, 2.75) is 6.92 Å². The van der Waals surface area contributed by atoms with Crippen LogP contribution in [0.2, 0.25) is 0 Å². The van der Waals surface area contributed by atoms with Crippen molar-refractivity contribution in [3.05, 3.63) is 42.1 Å². The zero-order valence-corrected chi connectivity index (χ0v) is 11.6. The third-order valence-corrected chi connectivity index (χ3v) is 3.00. The van der Waals surface area contributed by atoms with Gasteiger partial charge in [-0.3, -0.25) is 5.32 Å². The monoisotopic (exact) mass is 299 g/mol. The fourth-order valence-corrected chi connectivity index (χ4v) is 1.89. The summed E-state index contributed by atoms with van der Waals surface area (Å²) in [5.41, 5.74) is 7.94. The molecule has 0 aliphatic carbocycles. The SMILES string of the molecule is Cc1ccc(Oc2ccc3nc(NC(=O)O)cn3n2)cc1N. The molecule has 0 bridgehead atoms. The lowest BCUT2D eigenvalue weighted by Crippen LogP contribution is -2.07. The summed E-state index contributed by atoms with van der Waals surface area (Å²) < 4.78 is 7.06. The molecule has 1 amide bonds. The molecule has 0 unspecified atom stereocenters. The number of nitrogen functional groups attached to an aromatic ring is 1. The van der Waals surface area contributed by atoms with E-state index in [2.05, 4.69) is 15.4 Å². The zero-order valence-electron chi connectivity index (χ0n) is 11.6. The number of anilines is 2. The normalized spacial score (nSPS) is 10.6. The number of aromatic nitrogens is 3. The van der Waals surface area contributed by atoms with Crippen molar-refractivity contribution < 1.29 is 14.6 Å². The summed E-state index contributed by atoms with van der Waals surface area (Å²) in [4.78, 5) is 14.7. The maximum absolute atomic E-state index is 10.6. The average Bonchev–Trinajstić information content (AvgIpc) is 2.83. The Kier molecular flexibility index (Phi) is 3.26. The lowest BCUT2D eigenvalue weighted by atomic mass is 10.2. The van der Waals surface area contributed by atoms with Crippen LogP contribution in [-0.2, 0) is 0 Å². The third-order valence-electron chi connectivity index (χ3n) is 3.00. The van der Waals surface area contributed by atoms with Crippen LogP contribution in [-0.4, -0.2) is 25.8 Å². The van der Waals surface area contributed by atoms with Crippen LogP contribution in [0.25, 0.3) is 5.65 Å². The van der Waals surface area contributed by atoms with Crippen LogP contribution in [0.1, 0.15) is 5.56 Å². The molecule has 0 saturated carbocycles. The first-order chi connectivity index (χ1) is 10.5. The minimum Gasteiger partial charge on any atom is -0.465 e. The topological polar surface area (TPSA) is 115 Å². The molecule has 0 atom stereocenters. The number of benzene rings is 1.